The first-order valence-corrected chi connectivity index (χ1v) is 7.46. The van der Waals surface area contributed by atoms with Crippen LogP contribution in [0.5, 0.6) is 0 Å². The van der Waals surface area contributed by atoms with E-state index in [2.05, 4.69) is 0 Å². The Kier molecular flexibility index (Phi) is 4.54. The van der Waals surface area contributed by atoms with Crippen molar-refractivity contribution in [2.24, 2.45) is 5.73 Å². The normalized spacial score (nSPS) is 15.5. The Hall–Kier alpha value is -1.07. The van der Waals surface area contributed by atoms with Crippen LogP contribution in [-0.4, -0.2) is 19.4 Å². The highest BCUT2D eigenvalue weighted by molar-refractivity contribution is 7.92. The van der Waals surface area contributed by atoms with Crippen LogP contribution in [0.2, 0.25) is 0 Å². The van der Waals surface area contributed by atoms with Gasteiger partial charge in [-0.25, -0.2) is 8.42 Å². The van der Waals surface area contributed by atoms with Gasteiger partial charge in [-0.1, -0.05) is 26.0 Å². The van der Waals surface area contributed by atoms with Gasteiger partial charge in [-0.3, -0.25) is 0 Å². The number of hydrogen-bond acceptors (Lipinski definition) is 4. The van der Waals surface area contributed by atoms with E-state index >= 15 is 0 Å². The minimum atomic E-state index is -3.12. The fraction of sp³-hybridized carbons (Fsp3) is 0.500. The quantitative estimate of drug-likeness (QED) is 0.781. The molecular weight excluding hydrogens is 236 g/mol. The number of sulfone groups is 1. The molecule has 1 rings (SSSR count). The number of nitrogen functional groups attached to an aromatic ring is 1. The van der Waals surface area contributed by atoms with E-state index < -0.39 is 21.1 Å². The highest BCUT2D eigenvalue weighted by atomic mass is 32.2. The molecule has 0 aliphatic rings. The smallest absolute Gasteiger partial charge is 0.154 e. The second-order valence-electron chi connectivity index (χ2n) is 4.09. The van der Waals surface area contributed by atoms with Gasteiger partial charge in [-0.2, -0.15) is 0 Å². The topological polar surface area (TPSA) is 86.2 Å². The third-order valence-electron chi connectivity index (χ3n) is 2.99. The van der Waals surface area contributed by atoms with Gasteiger partial charge in [0.1, 0.15) is 0 Å². The van der Waals surface area contributed by atoms with Crippen molar-refractivity contribution in [1.82, 2.24) is 0 Å². The number of rotatable bonds is 5. The predicted molar refractivity (Wildman–Crippen MR) is 71.3 cm³/mol. The average molecular weight is 256 g/mol. The molecule has 0 saturated carbocycles. The zero-order valence-electron chi connectivity index (χ0n) is 10.3. The monoisotopic (exact) mass is 256 g/mol. The second kappa shape index (κ2) is 5.51. The lowest BCUT2D eigenvalue weighted by atomic mass is 10.0. The molecule has 2 atom stereocenters. The van der Waals surface area contributed by atoms with Gasteiger partial charge in [0.25, 0.3) is 0 Å². The maximum Gasteiger partial charge on any atom is 0.154 e. The van der Waals surface area contributed by atoms with Crippen LogP contribution in [-0.2, 0) is 9.84 Å². The summed E-state index contributed by atoms with van der Waals surface area (Å²) in [5.41, 5.74) is 13.1. The zero-order valence-corrected chi connectivity index (χ0v) is 11.1. The molecular formula is C12H20N2O2S. The molecule has 0 bridgehead atoms. The molecule has 0 amide bonds. The van der Waals surface area contributed by atoms with Crippen molar-refractivity contribution < 1.29 is 8.42 Å². The molecule has 0 spiro atoms. The predicted octanol–water partition coefficient (Wildman–Crippen LogP) is 1.48. The molecule has 96 valence electrons. The first-order valence-electron chi connectivity index (χ1n) is 5.75. The standard InChI is InChI=1S/C12H20N2O2S/c1-3-11(17(15,16)4-2)12(14)9-5-7-10(13)8-6-9/h5-8,11-12H,3-4,13-14H2,1-2H3/t11-,12+/m1/s1. The summed E-state index contributed by atoms with van der Waals surface area (Å²) in [6.45, 7) is 3.49. The minimum Gasteiger partial charge on any atom is -0.399 e. The van der Waals surface area contributed by atoms with E-state index in [0.29, 0.717) is 12.1 Å². The minimum absolute atomic E-state index is 0.119. The largest absolute Gasteiger partial charge is 0.399 e. The Bertz CT molecular complexity index is 454. The Morgan fingerprint density at radius 3 is 2.12 bits per heavy atom. The van der Waals surface area contributed by atoms with Crippen molar-refractivity contribution in [2.45, 2.75) is 31.6 Å². The van der Waals surface area contributed by atoms with Crippen LogP contribution < -0.4 is 11.5 Å². The molecule has 0 fully saturated rings. The molecule has 1 aromatic carbocycles. The summed E-state index contributed by atoms with van der Waals surface area (Å²) in [4.78, 5) is 0. The molecule has 0 unspecified atom stereocenters. The van der Waals surface area contributed by atoms with Crippen molar-refractivity contribution >= 4 is 15.5 Å². The summed E-state index contributed by atoms with van der Waals surface area (Å²) in [6.07, 6.45) is 0.516. The van der Waals surface area contributed by atoms with E-state index in [1.54, 1.807) is 31.2 Å². The molecule has 17 heavy (non-hydrogen) atoms. The van der Waals surface area contributed by atoms with Gasteiger partial charge < -0.3 is 11.5 Å². The van der Waals surface area contributed by atoms with Gasteiger partial charge in [0, 0.05) is 17.5 Å². The Balaban J connectivity index is 3.02. The van der Waals surface area contributed by atoms with Crippen LogP contribution in [0, 0.1) is 0 Å². The van der Waals surface area contributed by atoms with E-state index in [1.807, 2.05) is 6.92 Å². The molecule has 0 radical (unpaired) electrons. The third-order valence-corrected chi connectivity index (χ3v) is 5.34. The van der Waals surface area contributed by atoms with Crippen LogP contribution in [0.25, 0.3) is 0 Å². The molecule has 1 aromatic rings. The van der Waals surface area contributed by atoms with Crippen LogP contribution >= 0.6 is 0 Å². The van der Waals surface area contributed by atoms with Gasteiger partial charge in [-0.05, 0) is 24.1 Å². The number of anilines is 1. The summed E-state index contributed by atoms with van der Waals surface area (Å²) < 4.78 is 23.8. The zero-order chi connectivity index (χ0) is 13.1. The van der Waals surface area contributed by atoms with E-state index in [1.165, 1.54) is 0 Å². The molecule has 0 heterocycles. The third kappa shape index (κ3) is 3.20. The Morgan fingerprint density at radius 2 is 1.71 bits per heavy atom. The van der Waals surface area contributed by atoms with E-state index in [-0.39, 0.29) is 5.75 Å². The summed E-state index contributed by atoms with van der Waals surface area (Å²) in [5, 5.41) is -0.531. The second-order valence-corrected chi connectivity index (χ2v) is 6.60. The highest BCUT2D eigenvalue weighted by Gasteiger charge is 2.29. The van der Waals surface area contributed by atoms with E-state index in [9.17, 15) is 8.42 Å². The van der Waals surface area contributed by atoms with Crippen molar-refractivity contribution in [3.8, 4) is 0 Å². The molecule has 0 aliphatic carbocycles. The Morgan fingerprint density at radius 1 is 1.18 bits per heavy atom. The van der Waals surface area contributed by atoms with Crippen molar-refractivity contribution in [2.75, 3.05) is 11.5 Å². The maximum absolute atomic E-state index is 11.9. The van der Waals surface area contributed by atoms with Crippen LogP contribution in [0.1, 0.15) is 31.9 Å². The molecule has 4 N–H and O–H groups in total. The summed E-state index contributed by atoms with van der Waals surface area (Å²) in [5.74, 6) is 0.119. The van der Waals surface area contributed by atoms with E-state index in [4.69, 9.17) is 11.5 Å². The van der Waals surface area contributed by atoms with E-state index in [0.717, 1.165) is 5.56 Å². The van der Waals surface area contributed by atoms with Gasteiger partial charge in [0.05, 0.1) is 5.25 Å². The summed E-state index contributed by atoms with van der Waals surface area (Å²) in [7, 11) is -3.12. The molecule has 0 saturated heterocycles. The molecule has 4 nitrogen and oxygen atoms in total. The average Bonchev–Trinajstić information content (AvgIpc) is 2.30. The fourth-order valence-electron chi connectivity index (χ4n) is 1.88. The lowest BCUT2D eigenvalue weighted by Gasteiger charge is -2.22. The molecule has 0 aliphatic heterocycles. The Labute approximate surface area is 103 Å². The first-order chi connectivity index (χ1) is 7.92. The lowest BCUT2D eigenvalue weighted by molar-refractivity contribution is 0.549. The van der Waals surface area contributed by atoms with Crippen molar-refractivity contribution in [3.63, 3.8) is 0 Å². The van der Waals surface area contributed by atoms with Gasteiger partial charge in [0.15, 0.2) is 9.84 Å². The molecule has 0 aromatic heterocycles. The van der Waals surface area contributed by atoms with Crippen LogP contribution in [0.15, 0.2) is 24.3 Å². The van der Waals surface area contributed by atoms with Gasteiger partial charge in [-0.15, -0.1) is 0 Å². The summed E-state index contributed by atoms with van der Waals surface area (Å²) >= 11 is 0. The van der Waals surface area contributed by atoms with Crippen molar-refractivity contribution in [1.29, 1.82) is 0 Å². The summed E-state index contributed by atoms with van der Waals surface area (Å²) in [6, 6.07) is 6.55. The number of benzene rings is 1. The SMILES string of the molecule is CC[C@H]([C@@H](N)c1ccc(N)cc1)S(=O)(=O)CC. The van der Waals surface area contributed by atoms with Gasteiger partial charge in [0.2, 0.25) is 0 Å². The maximum atomic E-state index is 11.9. The number of hydrogen-bond donors (Lipinski definition) is 2. The lowest BCUT2D eigenvalue weighted by Crippen LogP contribution is -2.34. The van der Waals surface area contributed by atoms with Crippen molar-refractivity contribution in [3.05, 3.63) is 29.8 Å². The molecule has 5 heteroatoms. The van der Waals surface area contributed by atoms with Crippen LogP contribution in [0.4, 0.5) is 5.69 Å². The number of nitrogens with two attached hydrogens (primary N) is 2. The fourth-order valence-corrected chi connectivity index (χ4v) is 3.42. The van der Waals surface area contributed by atoms with Crippen LogP contribution in [0.3, 0.4) is 0 Å². The first kappa shape index (κ1) is 14.0. The van der Waals surface area contributed by atoms with Gasteiger partial charge >= 0.3 is 0 Å². The highest BCUT2D eigenvalue weighted by Crippen LogP contribution is 2.23.